The van der Waals surface area contributed by atoms with Gasteiger partial charge in [-0.3, -0.25) is 24.6 Å². The van der Waals surface area contributed by atoms with Gasteiger partial charge in [-0.2, -0.15) is 0 Å². The van der Waals surface area contributed by atoms with Crippen molar-refractivity contribution >= 4 is 17.7 Å². The van der Waals surface area contributed by atoms with Gasteiger partial charge in [0.1, 0.15) is 17.9 Å². The number of nitrogens with one attached hydrogen (secondary N) is 1. The zero-order chi connectivity index (χ0) is 23.3. The minimum absolute atomic E-state index is 0.145. The van der Waals surface area contributed by atoms with Crippen molar-refractivity contribution in [3.05, 3.63) is 29.3 Å². The molecule has 4 fully saturated rings. The van der Waals surface area contributed by atoms with E-state index in [9.17, 15) is 14.4 Å². The Morgan fingerprint density at radius 3 is 2.68 bits per heavy atom. The molecule has 4 heterocycles. The van der Waals surface area contributed by atoms with Crippen LogP contribution < -0.4 is 10.1 Å². The molecule has 1 saturated carbocycles. The van der Waals surface area contributed by atoms with Gasteiger partial charge in [0.05, 0.1) is 6.61 Å². The maximum absolute atomic E-state index is 12.9. The van der Waals surface area contributed by atoms with E-state index in [1.165, 1.54) is 32.1 Å². The molecule has 3 saturated heterocycles. The lowest BCUT2D eigenvalue weighted by Gasteiger charge is -2.42. The topological polar surface area (TPSA) is 88.2 Å². The number of fused-ring (bicyclic) bond motifs is 1. The van der Waals surface area contributed by atoms with E-state index in [1.54, 1.807) is 4.90 Å². The third kappa shape index (κ3) is 3.90. The monoisotopic (exact) mass is 467 g/mol. The van der Waals surface area contributed by atoms with E-state index in [0.29, 0.717) is 30.0 Å². The van der Waals surface area contributed by atoms with Gasteiger partial charge in [0.2, 0.25) is 11.8 Å². The summed E-state index contributed by atoms with van der Waals surface area (Å²) in [6.07, 6.45) is 7.83. The van der Waals surface area contributed by atoms with E-state index in [4.69, 9.17) is 9.47 Å². The van der Waals surface area contributed by atoms with Crippen molar-refractivity contribution < 1.29 is 23.9 Å². The SMILES string of the molecule is O=C1CCC(N2Cc3cc(O[C@H]4CCC[C@H]4N4CCC5(CCOC5)CC4)ccc3C2=O)C(=O)N1. The van der Waals surface area contributed by atoms with Crippen LogP contribution in [0.2, 0.25) is 0 Å². The van der Waals surface area contributed by atoms with Gasteiger partial charge in [-0.15, -0.1) is 0 Å². The summed E-state index contributed by atoms with van der Waals surface area (Å²) in [5.74, 6) is 0.00185. The molecular formula is C26H33N3O5. The highest BCUT2D eigenvalue weighted by molar-refractivity contribution is 6.05. The second-order valence-electron chi connectivity index (χ2n) is 10.7. The molecule has 8 heteroatoms. The van der Waals surface area contributed by atoms with E-state index in [0.717, 1.165) is 44.0 Å². The van der Waals surface area contributed by atoms with Crippen LogP contribution in [0, 0.1) is 5.41 Å². The fourth-order valence-electron chi connectivity index (χ4n) is 6.63. The molecule has 1 aliphatic carbocycles. The zero-order valence-electron chi connectivity index (χ0n) is 19.6. The lowest BCUT2D eigenvalue weighted by Crippen LogP contribution is -2.52. The molecule has 0 bridgehead atoms. The van der Waals surface area contributed by atoms with Gasteiger partial charge in [-0.1, -0.05) is 0 Å². The van der Waals surface area contributed by atoms with Crippen LogP contribution in [0.25, 0.3) is 0 Å². The number of likely N-dealkylation sites (tertiary alicyclic amines) is 1. The Labute approximate surface area is 199 Å². The van der Waals surface area contributed by atoms with Crippen molar-refractivity contribution in [3.63, 3.8) is 0 Å². The van der Waals surface area contributed by atoms with Crippen LogP contribution in [-0.2, 0) is 20.9 Å². The van der Waals surface area contributed by atoms with E-state index in [2.05, 4.69) is 10.2 Å². The summed E-state index contributed by atoms with van der Waals surface area (Å²) in [7, 11) is 0. The van der Waals surface area contributed by atoms with Gasteiger partial charge >= 0.3 is 0 Å². The second kappa shape index (κ2) is 8.64. The van der Waals surface area contributed by atoms with Crippen LogP contribution in [0.4, 0.5) is 0 Å². The van der Waals surface area contributed by atoms with Gasteiger partial charge in [0, 0.05) is 31.2 Å². The van der Waals surface area contributed by atoms with Gasteiger partial charge in [0.15, 0.2) is 0 Å². The standard InChI is InChI=1S/C26H33N3O5/c30-23-7-6-21(24(31)27-23)29-15-17-14-18(4-5-19(17)25(29)32)34-22-3-1-2-20(22)28-11-8-26(9-12-28)10-13-33-16-26/h4-5,14,20-22H,1-3,6-13,15-16H2,(H,27,30,31)/t20-,21?,22+/m1/s1. The number of imide groups is 1. The third-order valence-electron chi connectivity index (χ3n) is 8.71. The number of rotatable bonds is 4. The number of amides is 3. The van der Waals surface area contributed by atoms with Crippen molar-refractivity contribution in [1.29, 1.82) is 0 Å². The maximum atomic E-state index is 12.9. The Kier molecular flexibility index (Phi) is 5.60. The van der Waals surface area contributed by atoms with Crippen molar-refractivity contribution in [1.82, 2.24) is 15.1 Å². The molecule has 3 atom stereocenters. The number of piperidine rings is 2. The first-order valence-corrected chi connectivity index (χ1v) is 12.8. The Balaban J connectivity index is 1.11. The number of hydrogen-bond donors (Lipinski definition) is 1. The van der Waals surface area contributed by atoms with E-state index < -0.39 is 6.04 Å². The molecule has 1 N–H and O–H groups in total. The smallest absolute Gasteiger partial charge is 0.255 e. The van der Waals surface area contributed by atoms with Crippen molar-refractivity contribution in [2.24, 2.45) is 5.41 Å². The second-order valence-corrected chi connectivity index (χ2v) is 10.7. The summed E-state index contributed by atoms with van der Waals surface area (Å²) in [6.45, 7) is 4.45. The van der Waals surface area contributed by atoms with E-state index in [-0.39, 0.29) is 30.2 Å². The fraction of sp³-hybridized carbons (Fsp3) is 0.654. The summed E-state index contributed by atoms with van der Waals surface area (Å²) in [6, 6.07) is 5.54. The molecule has 0 radical (unpaired) electrons. The number of ether oxygens (including phenoxy) is 2. The first-order chi connectivity index (χ1) is 16.5. The normalized spacial score (nSPS) is 31.2. The Morgan fingerprint density at radius 2 is 1.91 bits per heavy atom. The molecule has 1 aromatic carbocycles. The Morgan fingerprint density at radius 1 is 1.06 bits per heavy atom. The molecule has 182 valence electrons. The molecule has 8 nitrogen and oxygen atoms in total. The first-order valence-electron chi connectivity index (χ1n) is 12.8. The fourth-order valence-corrected chi connectivity index (χ4v) is 6.63. The van der Waals surface area contributed by atoms with E-state index >= 15 is 0 Å². The lowest BCUT2D eigenvalue weighted by atomic mass is 9.77. The van der Waals surface area contributed by atoms with Crippen LogP contribution >= 0.6 is 0 Å². The molecule has 0 aromatic heterocycles. The summed E-state index contributed by atoms with van der Waals surface area (Å²) in [5, 5.41) is 2.36. The Hall–Kier alpha value is -2.45. The molecular weight excluding hydrogens is 434 g/mol. The van der Waals surface area contributed by atoms with Crippen molar-refractivity contribution in [2.45, 2.75) is 76.1 Å². The highest BCUT2D eigenvalue weighted by Gasteiger charge is 2.43. The molecule has 1 spiro atoms. The maximum Gasteiger partial charge on any atom is 0.255 e. The molecule has 5 aliphatic rings. The summed E-state index contributed by atoms with van der Waals surface area (Å²) >= 11 is 0. The number of nitrogens with zero attached hydrogens (tertiary/aromatic N) is 2. The summed E-state index contributed by atoms with van der Waals surface area (Å²) < 4.78 is 12.2. The summed E-state index contributed by atoms with van der Waals surface area (Å²) in [5.41, 5.74) is 1.93. The molecule has 1 unspecified atom stereocenters. The van der Waals surface area contributed by atoms with Crippen LogP contribution in [0.3, 0.4) is 0 Å². The predicted octanol–water partition coefficient (Wildman–Crippen LogP) is 2.25. The van der Waals surface area contributed by atoms with Crippen LogP contribution in [0.1, 0.15) is 67.3 Å². The van der Waals surface area contributed by atoms with Crippen LogP contribution in [0.15, 0.2) is 18.2 Å². The van der Waals surface area contributed by atoms with E-state index in [1.807, 2.05) is 18.2 Å². The highest BCUT2D eigenvalue weighted by Crippen LogP contribution is 2.41. The first kappa shape index (κ1) is 22.0. The number of carbonyl (C=O) groups is 3. The van der Waals surface area contributed by atoms with Crippen LogP contribution in [-0.4, -0.2) is 72.0 Å². The van der Waals surface area contributed by atoms with Gasteiger partial charge in [0.25, 0.3) is 5.91 Å². The summed E-state index contributed by atoms with van der Waals surface area (Å²) in [4.78, 5) is 40.9. The minimum Gasteiger partial charge on any atom is -0.489 e. The van der Waals surface area contributed by atoms with Gasteiger partial charge < -0.3 is 14.4 Å². The average Bonchev–Trinajstić information content (AvgIpc) is 3.55. The van der Waals surface area contributed by atoms with Gasteiger partial charge in [-0.25, -0.2) is 0 Å². The lowest BCUT2D eigenvalue weighted by molar-refractivity contribution is -0.136. The van der Waals surface area contributed by atoms with Crippen LogP contribution in [0.5, 0.6) is 5.75 Å². The molecule has 6 rings (SSSR count). The number of carbonyl (C=O) groups excluding carboxylic acids is 3. The van der Waals surface area contributed by atoms with Crippen molar-refractivity contribution in [3.8, 4) is 5.75 Å². The zero-order valence-corrected chi connectivity index (χ0v) is 19.6. The molecule has 1 aromatic rings. The highest BCUT2D eigenvalue weighted by atomic mass is 16.5. The molecule has 3 amide bonds. The number of benzene rings is 1. The predicted molar refractivity (Wildman–Crippen MR) is 123 cm³/mol. The molecule has 34 heavy (non-hydrogen) atoms. The quantitative estimate of drug-likeness (QED) is 0.684. The van der Waals surface area contributed by atoms with Gasteiger partial charge in [-0.05, 0) is 87.2 Å². The minimum atomic E-state index is -0.589. The Bertz CT molecular complexity index is 994. The third-order valence-corrected chi connectivity index (χ3v) is 8.71. The number of hydrogen-bond acceptors (Lipinski definition) is 6. The largest absolute Gasteiger partial charge is 0.489 e. The average molecular weight is 468 g/mol. The van der Waals surface area contributed by atoms with Crippen molar-refractivity contribution in [2.75, 3.05) is 26.3 Å². The molecule has 4 aliphatic heterocycles.